The molecule has 0 atom stereocenters. The normalized spacial score (nSPS) is 11.7. The molecule has 1 N–H and O–H groups in total. The standard InChI is InChI=1S/C20H18ClF3N2O5/c1-30-19(27)11-18(20(22,23)24)25-15-9-14(7-8-21)16(26(28)29)10-17(15)31-12-13-5-3-2-4-6-13/h2-6,9-11,25H,7-8,12H2,1H3/b18-11-. The number of hydrogen-bond acceptors (Lipinski definition) is 6. The molecule has 0 unspecified atom stereocenters. The Morgan fingerprint density at radius 1 is 1.26 bits per heavy atom. The first-order valence-corrected chi connectivity index (χ1v) is 9.37. The molecule has 0 amide bonds. The Morgan fingerprint density at radius 2 is 1.94 bits per heavy atom. The Labute approximate surface area is 180 Å². The number of rotatable bonds is 9. The maximum atomic E-state index is 13.4. The fourth-order valence-electron chi connectivity index (χ4n) is 2.55. The van der Waals surface area contributed by atoms with E-state index in [1.54, 1.807) is 30.3 Å². The molecule has 7 nitrogen and oxygen atoms in total. The molecule has 0 saturated heterocycles. The Kier molecular flexibility index (Phi) is 8.26. The van der Waals surface area contributed by atoms with Crippen LogP contribution in [0.4, 0.5) is 24.5 Å². The van der Waals surface area contributed by atoms with Crippen LogP contribution in [0.15, 0.2) is 54.2 Å². The first-order chi connectivity index (χ1) is 14.7. The number of methoxy groups -OCH3 is 1. The third-order valence-corrected chi connectivity index (χ3v) is 4.21. The maximum Gasteiger partial charge on any atom is 0.431 e. The summed E-state index contributed by atoms with van der Waals surface area (Å²) in [5.74, 6) is -1.42. The van der Waals surface area contributed by atoms with Crippen molar-refractivity contribution in [2.24, 2.45) is 0 Å². The molecule has 166 valence electrons. The monoisotopic (exact) mass is 458 g/mol. The van der Waals surface area contributed by atoms with Crippen LogP contribution in [0.5, 0.6) is 5.75 Å². The summed E-state index contributed by atoms with van der Waals surface area (Å²) in [5, 5.41) is 13.5. The number of allylic oxidation sites excluding steroid dienone is 1. The highest BCUT2D eigenvalue weighted by Gasteiger charge is 2.36. The van der Waals surface area contributed by atoms with E-state index in [0.717, 1.165) is 19.2 Å². The van der Waals surface area contributed by atoms with Crippen LogP contribution in [-0.2, 0) is 22.6 Å². The van der Waals surface area contributed by atoms with E-state index in [2.05, 4.69) is 10.1 Å². The maximum absolute atomic E-state index is 13.4. The molecule has 0 spiro atoms. The molecule has 0 aliphatic rings. The zero-order valence-corrected chi connectivity index (χ0v) is 17.0. The molecule has 31 heavy (non-hydrogen) atoms. The minimum Gasteiger partial charge on any atom is -0.486 e. The van der Waals surface area contributed by atoms with Gasteiger partial charge in [-0.05, 0) is 18.1 Å². The van der Waals surface area contributed by atoms with Crippen molar-refractivity contribution in [3.8, 4) is 5.75 Å². The second kappa shape index (κ2) is 10.7. The fourth-order valence-corrected chi connectivity index (χ4v) is 2.75. The highest BCUT2D eigenvalue weighted by Crippen LogP contribution is 2.37. The number of aryl methyl sites for hydroxylation is 1. The van der Waals surface area contributed by atoms with Gasteiger partial charge in [0.05, 0.1) is 29.9 Å². The minimum atomic E-state index is -4.93. The predicted molar refractivity (Wildman–Crippen MR) is 108 cm³/mol. The molecule has 0 aromatic heterocycles. The van der Waals surface area contributed by atoms with Crippen LogP contribution in [0.25, 0.3) is 0 Å². The summed E-state index contributed by atoms with van der Waals surface area (Å²) in [5.41, 5.74) is -1.18. The van der Waals surface area contributed by atoms with Crippen molar-refractivity contribution < 1.29 is 32.4 Å². The van der Waals surface area contributed by atoms with Crippen LogP contribution in [0.3, 0.4) is 0 Å². The van der Waals surface area contributed by atoms with Crippen molar-refractivity contribution in [2.45, 2.75) is 19.2 Å². The summed E-state index contributed by atoms with van der Waals surface area (Å²) >= 11 is 5.69. The van der Waals surface area contributed by atoms with Crippen LogP contribution in [-0.4, -0.2) is 30.1 Å². The number of nitro groups is 1. The summed E-state index contributed by atoms with van der Waals surface area (Å²) in [4.78, 5) is 22.2. The van der Waals surface area contributed by atoms with Gasteiger partial charge in [-0.2, -0.15) is 13.2 Å². The van der Waals surface area contributed by atoms with Gasteiger partial charge in [0.1, 0.15) is 18.1 Å². The number of benzene rings is 2. The molecule has 0 fully saturated rings. The minimum absolute atomic E-state index is 0.00856. The van der Waals surface area contributed by atoms with Gasteiger partial charge in [-0.15, -0.1) is 11.6 Å². The number of nitrogens with zero attached hydrogens (tertiary/aromatic N) is 1. The molecule has 2 aromatic carbocycles. The molecular weight excluding hydrogens is 441 g/mol. The van der Waals surface area contributed by atoms with Crippen molar-refractivity contribution in [1.82, 2.24) is 0 Å². The Bertz CT molecular complexity index is 965. The first kappa shape index (κ1) is 24.0. The molecular formula is C20H18ClF3N2O5. The number of esters is 1. The van der Waals surface area contributed by atoms with Crippen LogP contribution in [0, 0.1) is 10.1 Å². The number of alkyl halides is 4. The van der Waals surface area contributed by atoms with E-state index >= 15 is 0 Å². The predicted octanol–water partition coefficient (Wildman–Crippen LogP) is 4.99. The number of anilines is 1. The fraction of sp³-hybridized carbons (Fsp3) is 0.250. The van der Waals surface area contributed by atoms with Gasteiger partial charge in [0.25, 0.3) is 5.69 Å². The lowest BCUT2D eigenvalue weighted by Crippen LogP contribution is -2.21. The summed E-state index contributed by atoms with van der Waals surface area (Å²) in [6.07, 6.45) is -4.66. The molecule has 2 rings (SSSR count). The van der Waals surface area contributed by atoms with Crippen LogP contribution in [0.1, 0.15) is 11.1 Å². The number of nitro benzene ring substituents is 1. The van der Waals surface area contributed by atoms with Crippen molar-refractivity contribution in [3.63, 3.8) is 0 Å². The lowest BCUT2D eigenvalue weighted by atomic mass is 10.1. The zero-order chi connectivity index (χ0) is 23.0. The third-order valence-electron chi connectivity index (χ3n) is 4.02. The van der Waals surface area contributed by atoms with Crippen molar-refractivity contribution in [3.05, 3.63) is 75.5 Å². The summed E-state index contributed by atoms with van der Waals surface area (Å²) < 4.78 is 50.1. The average Bonchev–Trinajstić information content (AvgIpc) is 2.72. The lowest BCUT2D eigenvalue weighted by Gasteiger charge is -2.18. The quantitative estimate of drug-likeness (QED) is 0.187. The Morgan fingerprint density at radius 3 is 2.48 bits per heavy atom. The Hall–Kier alpha value is -3.27. The Balaban J connectivity index is 2.52. The number of ether oxygens (including phenoxy) is 2. The molecule has 0 heterocycles. The topological polar surface area (TPSA) is 90.7 Å². The van der Waals surface area contributed by atoms with Crippen LogP contribution in [0.2, 0.25) is 0 Å². The molecule has 0 radical (unpaired) electrons. The van der Waals surface area contributed by atoms with E-state index in [4.69, 9.17) is 16.3 Å². The zero-order valence-electron chi connectivity index (χ0n) is 16.2. The van der Waals surface area contributed by atoms with Crippen molar-refractivity contribution in [2.75, 3.05) is 18.3 Å². The van der Waals surface area contributed by atoms with Gasteiger partial charge < -0.3 is 14.8 Å². The van der Waals surface area contributed by atoms with Crippen LogP contribution >= 0.6 is 11.6 Å². The van der Waals surface area contributed by atoms with Gasteiger partial charge in [0.2, 0.25) is 0 Å². The summed E-state index contributed by atoms with van der Waals surface area (Å²) in [7, 11) is 0.936. The van der Waals surface area contributed by atoms with E-state index < -0.39 is 22.8 Å². The smallest absolute Gasteiger partial charge is 0.431 e. The summed E-state index contributed by atoms with van der Waals surface area (Å²) in [6, 6.07) is 10.9. The number of halogens is 4. The van der Waals surface area contributed by atoms with E-state index in [1.807, 2.05) is 0 Å². The van der Waals surface area contributed by atoms with Crippen molar-refractivity contribution in [1.29, 1.82) is 0 Å². The number of hydrogen-bond donors (Lipinski definition) is 1. The highest BCUT2D eigenvalue weighted by molar-refractivity contribution is 6.18. The number of carbonyl (C=O) groups excluding carboxylic acids is 1. The molecule has 0 bridgehead atoms. The van der Waals surface area contributed by atoms with E-state index in [-0.39, 0.29) is 47.7 Å². The molecule has 0 saturated carbocycles. The third kappa shape index (κ3) is 6.88. The summed E-state index contributed by atoms with van der Waals surface area (Å²) in [6.45, 7) is -0.0520. The van der Waals surface area contributed by atoms with E-state index in [9.17, 15) is 28.1 Å². The van der Waals surface area contributed by atoms with Gasteiger partial charge in [-0.1, -0.05) is 30.3 Å². The second-order valence-electron chi connectivity index (χ2n) is 6.15. The number of carbonyl (C=O) groups is 1. The van der Waals surface area contributed by atoms with E-state index in [0.29, 0.717) is 5.56 Å². The van der Waals surface area contributed by atoms with Gasteiger partial charge in [0, 0.05) is 11.4 Å². The van der Waals surface area contributed by atoms with Gasteiger partial charge in [-0.3, -0.25) is 10.1 Å². The molecule has 0 aliphatic heterocycles. The van der Waals surface area contributed by atoms with Gasteiger partial charge in [0.15, 0.2) is 0 Å². The highest BCUT2D eigenvalue weighted by atomic mass is 35.5. The largest absolute Gasteiger partial charge is 0.486 e. The van der Waals surface area contributed by atoms with E-state index in [1.165, 1.54) is 0 Å². The molecule has 2 aromatic rings. The average molecular weight is 459 g/mol. The molecule has 0 aliphatic carbocycles. The number of nitrogens with one attached hydrogen (secondary N) is 1. The first-order valence-electron chi connectivity index (χ1n) is 8.83. The second-order valence-corrected chi connectivity index (χ2v) is 6.53. The van der Waals surface area contributed by atoms with Gasteiger partial charge in [-0.25, -0.2) is 4.79 Å². The van der Waals surface area contributed by atoms with Crippen LogP contribution < -0.4 is 10.1 Å². The van der Waals surface area contributed by atoms with Gasteiger partial charge >= 0.3 is 12.1 Å². The SMILES string of the molecule is COC(=O)/C=C(\Nc1cc(CCCl)c([N+](=O)[O-])cc1OCc1ccccc1)C(F)(F)F. The lowest BCUT2D eigenvalue weighted by molar-refractivity contribution is -0.385. The molecule has 11 heteroatoms. The van der Waals surface area contributed by atoms with Crippen molar-refractivity contribution >= 4 is 28.9 Å².